The average Bonchev–Trinajstić information content (AvgIpc) is 3.50. The van der Waals surface area contributed by atoms with E-state index in [1.54, 1.807) is 24.2 Å². The number of hydrogen-bond donors (Lipinski definition) is 2. The number of rotatable bonds is 9. The number of aromatic amines is 1. The van der Waals surface area contributed by atoms with Gasteiger partial charge in [-0.1, -0.05) is 12.1 Å². The Balaban J connectivity index is 1.19. The molecule has 2 amide bonds. The van der Waals surface area contributed by atoms with Gasteiger partial charge in [0.1, 0.15) is 11.9 Å². The van der Waals surface area contributed by atoms with E-state index in [1.165, 1.54) is 25.0 Å². The number of carbonyl (C=O) groups is 1. The van der Waals surface area contributed by atoms with E-state index in [9.17, 15) is 9.18 Å². The van der Waals surface area contributed by atoms with Crippen molar-refractivity contribution in [1.82, 2.24) is 25.4 Å². The highest BCUT2D eigenvalue weighted by Gasteiger charge is 2.17. The summed E-state index contributed by atoms with van der Waals surface area (Å²) in [6.45, 7) is 1.02. The highest BCUT2D eigenvalue weighted by atomic mass is 19.1. The van der Waals surface area contributed by atoms with Crippen molar-refractivity contribution < 1.29 is 13.9 Å². The van der Waals surface area contributed by atoms with Crippen molar-refractivity contribution in [3.8, 4) is 17.1 Å². The van der Waals surface area contributed by atoms with Gasteiger partial charge in [-0.15, -0.1) is 0 Å². The summed E-state index contributed by atoms with van der Waals surface area (Å²) in [5.74, 6) is 0.341. The van der Waals surface area contributed by atoms with E-state index in [1.807, 2.05) is 24.3 Å². The zero-order valence-electron chi connectivity index (χ0n) is 18.9. The average molecular weight is 452 g/mol. The molecule has 2 heterocycles. The van der Waals surface area contributed by atoms with Crippen LogP contribution in [0, 0.1) is 5.82 Å². The van der Waals surface area contributed by atoms with Gasteiger partial charge in [0.05, 0.1) is 5.69 Å². The van der Waals surface area contributed by atoms with Crippen LogP contribution in [0.25, 0.3) is 11.3 Å². The second-order valence-corrected chi connectivity index (χ2v) is 8.50. The molecular formula is C25H30FN5O2. The molecule has 1 aliphatic rings. The first-order valence-corrected chi connectivity index (χ1v) is 11.5. The summed E-state index contributed by atoms with van der Waals surface area (Å²) in [5.41, 5.74) is 3.36. The van der Waals surface area contributed by atoms with Crippen molar-refractivity contribution in [1.29, 1.82) is 0 Å². The summed E-state index contributed by atoms with van der Waals surface area (Å²) in [7, 11) is 1.78. The Kier molecular flexibility index (Phi) is 7.55. The molecule has 1 fully saturated rings. The summed E-state index contributed by atoms with van der Waals surface area (Å²) in [4.78, 5) is 18.4. The summed E-state index contributed by atoms with van der Waals surface area (Å²) >= 11 is 0. The quantitative estimate of drug-likeness (QED) is 0.494. The van der Waals surface area contributed by atoms with Crippen molar-refractivity contribution >= 4 is 6.03 Å². The van der Waals surface area contributed by atoms with Crippen LogP contribution >= 0.6 is 0 Å². The first-order chi connectivity index (χ1) is 16.1. The fourth-order valence-electron chi connectivity index (χ4n) is 4.01. The normalized spacial score (nSPS) is 13.8. The molecule has 33 heavy (non-hydrogen) atoms. The van der Waals surface area contributed by atoms with Crippen LogP contribution in [0.5, 0.6) is 5.88 Å². The Labute approximate surface area is 193 Å². The van der Waals surface area contributed by atoms with E-state index in [2.05, 4.69) is 20.5 Å². The van der Waals surface area contributed by atoms with Gasteiger partial charge in [0.15, 0.2) is 0 Å². The zero-order valence-corrected chi connectivity index (χ0v) is 18.9. The number of nitrogens with zero attached hydrogens (tertiary/aromatic N) is 3. The van der Waals surface area contributed by atoms with Crippen molar-refractivity contribution in [2.24, 2.45) is 0 Å². The van der Waals surface area contributed by atoms with Gasteiger partial charge in [-0.2, -0.15) is 5.10 Å². The molecular weight excluding hydrogens is 421 g/mol. The molecule has 0 radical (unpaired) electrons. The molecule has 0 bridgehead atoms. The number of pyridine rings is 1. The molecule has 174 valence electrons. The maximum Gasteiger partial charge on any atom is 0.317 e. The van der Waals surface area contributed by atoms with Gasteiger partial charge in [0.25, 0.3) is 0 Å². The van der Waals surface area contributed by atoms with Crippen LogP contribution in [0.15, 0.2) is 48.7 Å². The van der Waals surface area contributed by atoms with Crippen molar-refractivity contribution in [2.75, 3.05) is 13.6 Å². The number of nitrogens with one attached hydrogen (secondary N) is 2. The van der Waals surface area contributed by atoms with Crippen LogP contribution in [0.2, 0.25) is 0 Å². The van der Waals surface area contributed by atoms with Crippen LogP contribution in [0.1, 0.15) is 43.4 Å². The minimum atomic E-state index is -0.283. The predicted octanol–water partition coefficient (Wildman–Crippen LogP) is 4.71. The number of urea groups is 1. The summed E-state index contributed by atoms with van der Waals surface area (Å²) < 4.78 is 19.3. The lowest BCUT2D eigenvalue weighted by Gasteiger charge is -2.18. The van der Waals surface area contributed by atoms with Gasteiger partial charge >= 0.3 is 6.03 Å². The van der Waals surface area contributed by atoms with Crippen molar-refractivity contribution in [3.05, 3.63) is 65.7 Å². The summed E-state index contributed by atoms with van der Waals surface area (Å²) in [6, 6.07) is 11.9. The Morgan fingerprint density at radius 2 is 2.09 bits per heavy atom. The van der Waals surface area contributed by atoms with E-state index in [0.29, 0.717) is 24.7 Å². The maximum atomic E-state index is 13.4. The Bertz CT molecular complexity index is 1060. The van der Waals surface area contributed by atoms with Crippen LogP contribution < -0.4 is 10.1 Å². The Hall–Kier alpha value is -3.42. The summed E-state index contributed by atoms with van der Waals surface area (Å²) in [5, 5.41) is 10.2. The molecule has 1 saturated carbocycles. The molecule has 0 unspecified atom stereocenters. The molecule has 1 aliphatic carbocycles. The summed E-state index contributed by atoms with van der Waals surface area (Å²) in [6.07, 6.45) is 8.08. The van der Waals surface area contributed by atoms with Crippen LogP contribution in [0.3, 0.4) is 0 Å². The minimum absolute atomic E-state index is 0.130. The molecule has 2 aromatic heterocycles. The van der Waals surface area contributed by atoms with E-state index >= 15 is 0 Å². The molecule has 8 heteroatoms. The number of halogens is 1. The Morgan fingerprint density at radius 3 is 2.91 bits per heavy atom. The highest BCUT2D eigenvalue weighted by molar-refractivity contribution is 5.73. The number of carbonyl (C=O) groups excluding carboxylic acids is 1. The number of amides is 2. The maximum absolute atomic E-state index is 13.4. The lowest BCUT2D eigenvalue weighted by molar-refractivity contribution is 0.200. The van der Waals surface area contributed by atoms with E-state index < -0.39 is 0 Å². The van der Waals surface area contributed by atoms with Gasteiger partial charge in [-0.25, -0.2) is 14.2 Å². The third-order valence-electron chi connectivity index (χ3n) is 5.87. The molecule has 0 spiro atoms. The SMILES string of the molecule is CN(CCCc1cc(-c2cccc(F)c2)n[nH]1)C(=O)NCc1ccnc(OC2CCCC2)c1. The first-order valence-electron chi connectivity index (χ1n) is 11.5. The third kappa shape index (κ3) is 6.54. The van der Waals surface area contributed by atoms with E-state index in [4.69, 9.17) is 4.74 Å². The third-order valence-corrected chi connectivity index (χ3v) is 5.87. The van der Waals surface area contributed by atoms with Crippen LogP contribution in [-0.4, -0.2) is 45.8 Å². The second kappa shape index (κ2) is 10.9. The molecule has 0 atom stereocenters. The molecule has 0 aliphatic heterocycles. The monoisotopic (exact) mass is 451 g/mol. The molecule has 7 nitrogen and oxygen atoms in total. The lowest BCUT2D eigenvalue weighted by atomic mass is 10.1. The molecule has 2 N–H and O–H groups in total. The Morgan fingerprint density at radius 1 is 1.24 bits per heavy atom. The largest absolute Gasteiger partial charge is 0.474 e. The van der Waals surface area contributed by atoms with E-state index in [0.717, 1.165) is 42.5 Å². The minimum Gasteiger partial charge on any atom is -0.474 e. The predicted molar refractivity (Wildman–Crippen MR) is 124 cm³/mol. The topological polar surface area (TPSA) is 83.1 Å². The van der Waals surface area contributed by atoms with Gasteiger partial charge in [-0.3, -0.25) is 5.10 Å². The number of ether oxygens (including phenoxy) is 1. The van der Waals surface area contributed by atoms with Gasteiger partial charge < -0.3 is 15.0 Å². The fraction of sp³-hybridized carbons (Fsp3) is 0.400. The van der Waals surface area contributed by atoms with Crippen LogP contribution in [0.4, 0.5) is 9.18 Å². The number of aryl methyl sites for hydroxylation is 1. The van der Waals surface area contributed by atoms with Crippen LogP contribution in [-0.2, 0) is 13.0 Å². The number of H-pyrrole nitrogens is 1. The zero-order chi connectivity index (χ0) is 23.0. The first kappa shape index (κ1) is 22.8. The van der Waals surface area contributed by atoms with E-state index in [-0.39, 0.29) is 18.0 Å². The standard InChI is InChI=1S/C25H30FN5O2/c1-31(13-5-8-21-16-23(30-29-21)19-6-4-7-20(26)15-19)25(32)28-17-18-11-12-27-24(14-18)33-22-9-2-3-10-22/h4,6-7,11-12,14-16,22H,2-3,5,8-10,13,17H2,1H3,(H,28,32)(H,29,30). The van der Waals surface area contributed by atoms with Gasteiger partial charge in [0.2, 0.25) is 5.88 Å². The number of hydrogen-bond acceptors (Lipinski definition) is 4. The lowest BCUT2D eigenvalue weighted by Crippen LogP contribution is -2.37. The van der Waals surface area contributed by atoms with Crippen molar-refractivity contribution in [3.63, 3.8) is 0 Å². The molecule has 3 aromatic rings. The number of benzene rings is 1. The van der Waals surface area contributed by atoms with Crippen molar-refractivity contribution in [2.45, 2.75) is 51.2 Å². The fourth-order valence-corrected chi connectivity index (χ4v) is 4.01. The molecule has 4 rings (SSSR count). The highest BCUT2D eigenvalue weighted by Crippen LogP contribution is 2.23. The molecule has 1 aromatic carbocycles. The second-order valence-electron chi connectivity index (χ2n) is 8.50. The molecule has 0 saturated heterocycles. The number of aromatic nitrogens is 3. The smallest absolute Gasteiger partial charge is 0.317 e. The van der Waals surface area contributed by atoms with Gasteiger partial charge in [-0.05, 0) is 68.4 Å². The van der Waals surface area contributed by atoms with Gasteiger partial charge in [0, 0.05) is 43.7 Å².